The number of thiophene rings is 1. The third kappa shape index (κ3) is 4.80. The molecule has 2 aromatic heterocycles. The van der Waals surface area contributed by atoms with Crippen LogP contribution in [0, 0.1) is 17.0 Å². The average Bonchev–Trinajstić information content (AvgIpc) is 3.11. The van der Waals surface area contributed by atoms with E-state index in [2.05, 4.69) is 15.3 Å². The second kappa shape index (κ2) is 9.19. The van der Waals surface area contributed by atoms with Crippen molar-refractivity contribution in [2.75, 3.05) is 11.1 Å². The quantitative estimate of drug-likeness (QED) is 0.309. The first-order valence-electron chi connectivity index (χ1n) is 10.1. The van der Waals surface area contributed by atoms with E-state index in [1.54, 1.807) is 24.3 Å². The van der Waals surface area contributed by atoms with E-state index in [9.17, 15) is 19.7 Å². The second-order valence-electron chi connectivity index (χ2n) is 7.51. The van der Waals surface area contributed by atoms with E-state index in [1.165, 1.54) is 40.8 Å². The van der Waals surface area contributed by atoms with Gasteiger partial charge in [0.15, 0.2) is 0 Å². The van der Waals surface area contributed by atoms with Crippen molar-refractivity contribution in [2.45, 2.75) is 44.8 Å². The van der Waals surface area contributed by atoms with E-state index in [0.29, 0.717) is 23.0 Å². The maximum absolute atomic E-state index is 12.6. The van der Waals surface area contributed by atoms with Crippen LogP contribution in [0.1, 0.15) is 41.1 Å². The van der Waals surface area contributed by atoms with Crippen LogP contribution >= 0.6 is 23.1 Å². The molecule has 162 valence electrons. The van der Waals surface area contributed by atoms with Gasteiger partial charge in [-0.05, 0) is 43.7 Å². The summed E-state index contributed by atoms with van der Waals surface area (Å²) in [5.74, 6) is 1.47. The molecule has 1 amide bonds. The summed E-state index contributed by atoms with van der Waals surface area (Å²) in [5, 5.41) is 14.4. The zero-order chi connectivity index (χ0) is 22.0. The molecule has 2 heterocycles. The van der Waals surface area contributed by atoms with Gasteiger partial charge in [-0.15, -0.1) is 11.3 Å². The number of hydrogen-bond acceptors (Lipinski definition) is 7. The summed E-state index contributed by atoms with van der Waals surface area (Å²) in [4.78, 5) is 44.9. The molecule has 2 N–H and O–H groups in total. The van der Waals surface area contributed by atoms with Crippen LogP contribution in [-0.4, -0.2) is 26.6 Å². The van der Waals surface area contributed by atoms with E-state index < -0.39 is 4.92 Å². The number of amides is 1. The van der Waals surface area contributed by atoms with Crippen LogP contribution in [0.4, 0.5) is 11.4 Å². The number of nitrogens with one attached hydrogen (secondary N) is 2. The molecule has 31 heavy (non-hydrogen) atoms. The number of nitrogens with zero attached hydrogens (tertiary/aromatic N) is 2. The summed E-state index contributed by atoms with van der Waals surface area (Å²) in [6, 6.07) is 4.39. The highest BCUT2D eigenvalue weighted by Gasteiger charge is 2.19. The molecule has 3 aromatic rings. The minimum Gasteiger partial charge on any atom is -0.326 e. The number of thioether (sulfide) groups is 1. The van der Waals surface area contributed by atoms with Crippen molar-refractivity contribution in [2.24, 2.45) is 0 Å². The molecule has 0 saturated carbocycles. The van der Waals surface area contributed by atoms with Gasteiger partial charge in [0.05, 0.1) is 21.7 Å². The zero-order valence-corrected chi connectivity index (χ0v) is 18.7. The molecule has 1 aliphatic rings. The Balaban J connectivity index is 1.33. The standard InChI is InChI=1S/C21H22N4O4S2/c1-12-6-7-13(25(28)29)10-15(12)22-18(26)8-9-30-11-17-23-20(27)19-14-4-2-3-5-16(14)31-21(19)24-17/h6-7,10H,2-5,8-9,11H2,1H3,(H,22,26)(H,23,24,27). The van der Waals surface area contributed by atoms with Gasteiger partial charge >= 0.3 is 0 Å². The molecule has 0 atom stereocenters. The highest BCUT2D eigenvalue weighted by atomic mass is 32.2. The number of benzene rings is 1. The topological polar surface area (TPSA) is 118 Å². The molecule has 0 fully saturated rings. The Labute approximate surface area is 186 Å². The SMILES string of the molecule is Cc1ccc([N+](=O)[O-])cc1NC(=O)CCSCc1nc2sc3c(c2c(=O)[nH]1)CCCC3. The summed E-state index contributed by atoms with van der Waals surface area (Å²) in [6.07, 6.45) is 4.52. The number of fused-ring (bicyclic) bond motifs is 3. The number of H-pyrrole nitrogens is 1. The third-order valence-corrected chi connectivity index (χ3v) is 7.45. The van der Waals surface area contributed by atoms with Crippen LogP contribution in [0.3, 0.4) is 0 Å². The predicted octanol–water partition coefficient (Wildman–Crippen LogP) is 4.34. The zero-order valence-electron chi connectivity index (χ0n) is 17.0. The number of carbonyl (C=O) groups is 1. The van der Waals surface area contributed by atoms with Crippen molar-refractivity contribution < 1.29 is 9.72 Å². The van der Waals surface area contributed by atoms with Gasteiger partial charge in [-0.3, -0.25) is 19.7 Å². The Morgan fingerprint density at radius 1 is 1.35 bits per heavy atom. The minimum atomic E-state index is -0.487. The Hall–Kier alpha value is -2.72. The highest BCUT2D eigenvalue weighted by Crippen LogP contribution is 2.33. The van der Waals surface area contributed by atoms with Gasteiger partial charge in [-0.2, -0.15) is 11.8 Å². The first-order chi connectivity index (χ1) is 14.9. The van der Waals surface area contributed by atoms with Gasteiger partial charge in [0.25, 0.3) is 11.2 Å². The summed E-state index contributed by atoms with van der Waals surface area (Å²) >= 11 is 3.14. The number of hydrogen-bond donors (Lipinski definition) is 2. The van der Waals surface area contributed by atoms with Gasteiger partial charge in [-0.1, -0.05) is 6.07 Å². The fourth-order valence-electron chi connectivity index (χ4n) is 3.68. The van der Waals surface area contributed by atoms with E-state index in [1.807, 2.05) is 0 Å². The summed E-state index contributed by atoms with van der Waals surface area (Å²) < 4.78 is 0. The number of nitro groups is 1. The van der Waals surface area contributed by atoms with Gasteiger partial charge in [0, 0.05) is 29.2 Å². The lowest BCUT2D eigenvalue weighted by molar-refractivity contribution is -0.384. The normalized spacial score (nSPS) is 13.2. The molecule has 4 rings (SSSR count). The second-order valence-corrected chi connectivity index (χ2v) is 9.70. The van der Waals surface area contributed by atoms with Crippen LogP contribution in [0.2, 0.25) is 0 Å². The van der Waals surface area contributed by atoms with Crippen molar-refractivity contribution in [3.8, 4) is 0 Å². The maximum atomic E-state index is 12.6. The molecule has 0 radical (unpaired) electrons. The number of nitro benzene ring substituents is 1. The van der Waals surface area contributed by atoms with Crippen molar-refractivity contribution in [3.05, 3.63) is 60.5 Å². The fraction of sp³-hybridized carbons (Fsp3) is 0.381. The maximum Gasteiger partial charge on any atom is 0.271 e. The predicted molar refractivity (Wildman–Crippen MR) is 124 cm³/mol. The molecular formula is C21H22N4O4S2. The number of carbonyl (C=O) groups excluding carboxylic acids is 1. The first-order valence-corrected chi connectivity index (χ1v) is 12.1. The Bertz CT molecular complexity index is 1220. The Morgan fingerprint density at radius 3 is 2.97 bits per heavy atom. The van der Waals surface area contributed by atoms with E-state index >= 15 is 0 Å². The smallest absolute Gasteiger partial charge is 0.271 e. The molecule has 0 bridgehead atoms. The molecule has 1 aromatic carbocycles. The van der Waals surface area contributed by atoms with Crippen LogP contribution in [0.25, 0.3) is 10.2 Å². The Morgan fingerprint density at radius 2 is 2.16 bits per heavy atom. The van der Waals surface area contributed by atoms with Crippen molar-refractivity contribution in [1.29, 1.82) is 0 Å². The van der Waals surface area contributed by atoms with E-state index in [0.717, 1.165) is 35.0 Å². The van der Waals surface area contributed by atoms with E-state index in [-0.39, 0.29) is 23.6 Å². The highest BCUT2D eigenvalue weighted by molar-refractivity contribution is 7.98. The molecular weight excluding hydrogens is 436 g/mol. The van der Waals surface area contributed by atoms with E-state index in [4.69, 9.17) is 0 Å². The Kier molecular flexibility index (Phi) is 6.38. The first kappa shape index (κ1) is 21.5. The lowest BCUT2D eigenvalue weighted by Crippen LogP contribution is -2.14. The largest absolute Gasteiger partial charge is 0.326 e. The van der Waals surface area contributed by atoms with Gasteiger partial charge in [-0.25, -0.2) is 4.98 Å². The molecule has 0 unspecified atom stereocenters. The van der Waals surface area contributed by atoms with Gasteiger partial charge in [0.1, 0.15) is 10.7 Å². The van der Waals surface area contributed by atoms with Gasteiger partial charge < -0.3 is 10.3 Å². The molecule has 10 heteroatoms. The number of rotatable bonds is 7. The van der Waals surface area contributed by atoms with Crippen LogP contribution in [0.15, 0.2) is 23.0 Å². The number of aryl methyl sites for hydroxylation is 3. The lowest BCUT2D eigenvalue weighted by atomic mass is 9.97. The number of aromatic nitrogens is 2. The molecule has 8 nitrogen and oxygen atoms in total. The molecule has 0 aliphatic heterocycles. The lowest BCUT2D eigenvalue weighted by Gasteiger charge is -2.09. The summed E-state index contributed by atoms with van der Waals surface area (Å²) in [6.45, 7) is 1.79. The molecule has 1 aliphatic carbocycles. The minimum absolute atomic E-state index is 0.0593. The van der Waals surface area contributed by atoms with Crippen molar-refractivity contribution in [1.82, 2.24) is 9.97 Å². The van der Waals surface area contributed by atoms with Gasteiger partial charge in [0.2, 0.25) is 5.91 Å². The average molecular weight is 459 g/mol. The monoisotopic (exact) mass is 458 g/mol. The summed E-state index contributed by atoms with van der Waals surface area (Å²) in [5.41, 5.74) is 2.25. The fourth-order valence-corrected chi connectivity index (χ4v) is 5.77. The number of anilines is 1. The summed E-state index contributed by atoms with van der Waals surface area (Å²) in [7, 11) is 0. The molecule has 0 saturated heterocycles. The van der Waals surface area contributed by atoms with Crippen LogP contribution in [0.5, 0.6) is 0 Å². The third-order valence-electron chi connectivity index (χ3n) is 5.29. The van der Waals surface area contributed by atoms with Crippen LogP contribution < -0.4 is 10.9 Å². The number of aromatic amines is 1. The number of non-ortho nitro benzene ring substituents is 1. The van der Waals surface area contributed by atoms with Crippen molar-refractivity contribution >= 4 is 50.6 Å². The van der Waals surface area contributed by atoms with Crippen molar-refractivity contribution in [3.63, 3.8) is 0 Å². The molecule has 0 spiro atoms. The van der Waals surface area contributed by atoms with Crippen LogP contribution in [-0.2, 0) is 23.4 Å².